The van der Waals surface area contributed by atoms with Crippen LogP contribution in [0.25, 0.3) is 11.0 Å². The van der Waals surface area contributed by atoms with Crippen molar-refractivity contribution in [3.63, 3.8) is 0 Å². The zero-order valence-corrected chi connectivity index (χ0v) is 16.9. The molecule has 5 rings (SSSR count). The number of carbonyl (C=O) groups excluding carboxylic acids is 1. The summed E-state index contributed by atoms with van der Waals surface area (Å²) in [4.78, 5) is 18.2. The molecular formula is C25H22N4O. The van der Waals surface area contributed by atoms with Crippen LogP contribution in [0.3, 0.4) is 0 Å². The molecule has 30 heavy (non-hydrogen) atoms. The molecule has 1 aliphatic heterocycles. The van der Waals surface area contributed by atoms with Gasteiger partial charge in [-0.2, -0.15) is 0 Å². The van der Waals surface area contributed by atoms with Gasteiger partial charge < -0.3 is 10.6 Å². The smallest absolute Gasteiger partial charge is 0.255 e. The Morgan fingerprint density at radius 1 is 0.933 bits per heavy atom. The highest BCUT2D eigenvalue weighted by Gasteiger charge is 2.33. The van der Waals surface area contributed by atoms with Gasteiger partial charge in [0.25, 0.3) is 5.91 Å². The van der Waals surface area contributed by atoms with Gasteiger partial charge >= 0.3 is 0 Å². The van der Waals surface area contributed by atoms with Gasteiger partial charge in [-0.25, -0.2) is 4.98 Å². The molecule has 0 saturated carbocycles. The van der Waals surface area contributed by atoms with Crippen molar-refractivity contribution in [2.75, 3.05) is 10.6 Å². The lowest BCUT2D eigenvalue weighted by Gasteiger charge is -2.30. The molecule has 148 valence electrons. The van der Waals surface area contributed by atoms with Gasteiger partial charge in [-0.1, -0.05) is 60.2 Å². The van der Waals surface area contributed by atoms with Crippen molar-refractivity contribution in [3.05, 3.63) is 101 Å². The highest BCUT2D eigenvalue weighted by Crippen LogP contribution is 2.39. The predicted molar refractivity (Wildman–Crippen MR) is 120 cm³/mol. The van der Waals surface area contributed by atoms with Crippen LogP contribution in [-0.2, 0) is 4.79 Å². The van der Waals surface area contributed by atoms with E-state index in [4.69, 9.17) is 4.98 Å². The summed E-state index contributed by atoms with van der Waals surface area (Å²) in [6.07, 6.45) is 0. The molecule has 5 heteroatoms. The lowest BCUT2D eigenvalue weighted by Crippen LogP contribution is -2.30. The molecule has 5 nitrogen and oxygen atoms in total. The van der Waals surface area contributed by atoms with Gasteiger partial charge in [0.15, 0.2) is 0 Å². The van der Waals surface area contributed by atoms with E-state index in [1.165, 1.54) is 0 Å². The molecule has 4 aromatic rings. The van der Waals surface area contributed by atoms with E-state index in [9.17, 15) is 4.79 Å². The predicted octanol–water partition coefficient (Wildman–Crippen LogP) is 5.27. The van der Waals surface area contributed by atoms with Crippen LogP contribution in [-0.4, -0.2) is 15.5 Å². The van der Waals surface area contributed by atoms with Crippen LogP contribution < -0.4 is 10.6 Å². The second-order valence-corrected chi connectivity index (χ2v) is 7.59. The molecule has 0 saturated heterocycles. The van der Waals surface area contributed by atoms with E-state index in [2.05, 4.69) is 27.3 Å². The normalized spacial score (nSPS) is 15.6. The molecule has 0 fully saturated rings. The number of nitrogens with one attached hydrogen (secondary N) is 2. The van der Waals surface area contributed by atoms with Crippen LogP contribution in [0.15, 0.2) is 90.1 Å². The topological polar surface area (TPSA) is 59.0 Å². The molecule has 0 bridgehead atoms. The number of nitrogens with zero attached hydrogens (tertiary/aromatic N) is 2. The van der Waals surface area contributed by atoms with E-state index in [1.54, 1.807) is 0 Å². The minimum Gasteiger partial charge on any atom is -0.329 e. The molecule has 1 unspecified atom stereocenters. The Bertz CT molecular complexity index is 1270. The third kappa shape index (κ3) is 3.05. The van der Waals surface area contributed by atoms with Crippen molar-refractivity contribution < 1.29 is 4.79 Å². The molecule has 1 amide bonds. The van der Waals surface area contributed by atoms with Crippen molar-refractivity contribution >= 4 is 28.6 Å². The molecule has 1 aromatic heterocycles. The number of hydrogen-bond donors (Lipinski definition) is 2. The summed E-state index contributed by atoms with van der Waals surface area (Å²) in [5.41, 5.74) is 6.33. The largest absolute Gasteiger partial charge is 0.329 e. The average molecular weight is 394 g/mol. The van der Waals surface area contributed by atoms with Crippen molar-refractivity contribution in [2.24, 2.45) is 0 Å². The number of aromatic nitrogens is 2. The Hall–Kier alpha value is -3.86. The summed E-state index contributed by atoms with van der Waals surface area (Å²) in [7, 11) is 0. The first-order chi connectivity index (χ1) is 14.6. The highest BCUT2D eigenvalue weighted by atomic mass is 16.1. The number of hydrogen-bond acceptors (Lipinski definition) is 3. The molecule has 0 radical (unpaired) electrons. The molecule has 2 N–H and O–H groups in total. The Kier molecular flexibility index (Phi) is 4.36. The maximum Gasteiger partial charge on any atom is 0.255 e. The first kappa shape index (κ1) is 18.2. The number of carbonyl (C=O) groups is 1. The second kappa shape index (κ2) is 7.19. The summed E-state index contributed by atoms with van der Waals surface area (Å²) >= 11 is 0. The fourth-order valence-electron chi connectivity index (χ4n) is 4.04. The zero-order valence-electron chi connectivity index (χ0n) is 16.9. The number of para-hydroxylation sites is 2. The lowest BCUT2D eigenvalue weighted by molar-refractivity contribution is -0.113. The van der Waals surface area contributed by atoms with E-state index in [0.29, 0.717) is 5.57 Å². The van der Waals surface area contributed by atoms with Crippen molar-refractivity contribution in [1.29, 1.82) is 0 Å². The van der Waals surface area contributed by atoms with Crippen molar-refractivity contribution in [2.45, 2.75) is 19.9 Å². The maximum atomic E-state index is 13.5. The van der Waals surface area contributed by atoms with E-state index >= 15 is 0 Å². The monoisotopic (exact) mass is 394 g/mol. The van der Waals surface area contributed by atoms with E-state index in [0.717, 1.165) is 39.5 Å². The van der Waals surface area contributed by atoms with Crippen LogP contribution in [0.4, 0.5) is 11.6 Å². The summed E-state index contributed by atoms with van der Waals surface area (Å²) in [6.45, 7) is 3.96. The highest BCUT2D eigenvalue weighted by molar-refractivity contribution is 6.06. The van der Waals surface area contributed by atoms with Crippen LogP contribution in [0.1, 0.15) is 24.1 Å². The molecule has 2 heterocycles. The standard InChI is InChI=1S/C25H22N4O/c1-16-12-14-19(15-13-16)27-24(30)22-17(2)26-25-28-20-10-6-7-11-21(20)29(25)23(22)18-8-4-3-5-9-18/h3-15,23H,1-2H3,(H,26,28)(H,27,30). The number of aryl methyl sites for hydroxylation is 1. The first-order valence-electron chi connectivity index (χ1n) is 9.99. The summed E-state index contributed by atoms with van der Waals surface area (Å²) in [5, 5.41) is 6.42. The molecular weight excluding hydrogens is 372 g/mol. The lowest BCUT2D eigenvalue weighted by atomic mass is 9.94. The summed E-state index contributed by atoms with van der Waals surface area (Å²) in [6, 6.07) is 25.7. The van der Waals surface area contributed by atoms with Gasteiger partial charge in [-0.3, -0.25) is 9.36 Å². The van der Waals surface area contributed by atoms with E-state index < -0.39 is 0 Å². The van der Waals surface area contributed by atoms with Gasteiger partial charge in [-0.15, -0.1) is 0 Å². The third-order valence-electron chi connectivity index (χ3n) is 5.50. The number of benzene rings is 3. The number of rotatable bonds is 3. The maximum absolute atomic E-state index is 13.5. The number of imidazole rings is 1. The van der Waals surface area contributed by atoms with Crippen LogP contribution in [0, 0.1) is 6.92 Å². The van der Waals surface area contributed by atoms with Crippen LogP contribution >= 0.6 is 0 Å². The number of anilines is 2. The molecule has 0 aliphatic carbocycles. The fraction of sp³-hybridized carbons (Fsp3) is 0.120. The minimum absolute atomic E-state index is 0.124. The summed E-state index contributed by atoms with van der Waals surface area (Å²) in [5.74, 6) is 0.621. The molecule has 0 spiro atoms. The molecule has 1 atom stereocenters. The van der Waals surface area contributed by atoms with Crippen LogP contribution in [0.2, 0.25) is 0 Å². The second-order valence-electron chi connectivity index (χ2n) is 7.59. The Labute approximate surface area is 175 Å². The Morgan fingerprint density at radius 2 is 1.63 bits per heavy atom. The van der Waals surface area contributed by atoms with Crippen LogP contribution in [0.5, 0.6) is 0 Å². The Balaban J connectivity index is 1.65. The van der Waals surface area contributed by atoms with Gasteiger partial charge in [0.2, 0.25) is 5.95 Å². The zero-order chi connectivity index (χ0) is 20.7. The Morgan fingerprint density at radius 3 is 2.40 bits per heavy atom. The summed E-state index contributed by atoms with van der Waals surface area (Å²) < 4.78 is 2.11. The number of fused-ring (bicyclic) bond motifs is 3. The van der Waals surface area contributed by atoms with Gasteiger partial charge in [0, 0.05) is 11.4 Å². The van der Waals surface area contributed by atoms with E-state index in [-0.39, 0.29) is 11.9 Å². The fourth-order valence-corrected chi connectivity index (χ4v) is 4.04. The SMILES string of the molecule is CC1=C(C(=O)Nc2ccc(C)cc2)C(c2ccccc2)n2c(nc3ccccc32)N1. The number of amides is 1. The van der Waals surface area contributed by atoms with Gasteiger partial charge in [0.1, 0.15) is 0 Å². The number of allylic oxidation sites excluding steroid dienone is 1. The first-order valence-corrected chi connectivity index (χ1v) is 9.99. The molecule has 3 aromatic carbocycles. The average Bonchev–Trinajstić information content (AvgIpc) is 3.12. The molecule has 1 aliphatic rings. The minimum atomic E-state index is -0.278. The quantitative estimate of drug-likeness (QED) is 0.497. The van der Waals surface area contributed by atoms with Gasteiger partial charge in [0.05, 0.1) is 22.6 Å². The van der Waals surface area contributed by atoms with E-state index in [1.807, 2.05) is 80.6 Å². The van der Waals surface area contributed by atoms with Gasteiger partial charge in [-0.05, 0) is 43.7 Å². The van der Waals surface area contributed by atoms with Crippen molar-refractivity contribution in [1.82, 2.24) is 9.55 Å². The third-order valence-corrected chi connectivity index (χ3v) is 5.50. The van der Waals surface area contributed by atoms with Crippen molar-refractivity contribution in [3.8, 4) is 0 Å².